The maximum Gasteiger partial charge on any atom is 0.293 e. The number of carbonyl (C=O) groups excluding carboxylic acids is 2. The average molecular weight is 416 g/mol. The molecule has 0 atom stereocenters. The highest BCUT2D eigenvalue weighted by molar-refractivity contribution is 5.96. The van der Waals surface area contributed by atoms with E-state index in [1.165, 1.54) is 18.4 Å². The lowest BCUT2D eigenvalue weighted by molar-refractivity contribution is -0.384. The molecule has 2 heterocycles. The highest BCUT2D eigenvalue weighted by atomic mass is 16.6. The van der Waals surface area contributed by atoms with Crippen molar-refractivity contribution in [2.24, 2.45) is 0 Å². The van der Waals surface area contributed by atoms with Crippen molar-refractivity contribution in [2.75, 3.05) is 38.7 Å². The zero-order valence-electron chi connectivity index (χ0n) is 16.6. The number of nitrogens with one attached hydrogen (secondary N) is 2. The number of rotatable bonds is 8. The summed E-state index contributed by atoms with van der Waals surface area (Å²) in [5, 5.41) is 17.2. The standard InChI is InChI=1S/C20H24N4O6/c1-29-12-8-21-16-5-4-14(13-17(16)24(27)28)19(25)22-15-6-9-23(10-7-15)20(26)18-3-2-11-30-18/h2-5,11,13,15,21H,6-10,12H2,1H3,(H,22,25). The molecule has 10 nitrogen and oxygen atoms in total. The van der Waals surface area contributed by atoms with E-state index in [1.807, 2.05) is 0 Å². The lowest BCUT2D eigenvalue weighted by atomic mass is 10.0. The molecule has 0 saturated carbocycles. The first kappa shape index (κ1) is 21.3. The number of nitrogens with zero attached hydrogens (tertiary/aromatic N) is 2. The third-order valence-corrected chi connectivity index (χ3v) is 4.93. The molecule has 1 fully saturated rings. The second-order valence-electron chi connectivity index (χ2n) is 6.93. The van der Waals surface area contributed by atoms with Crippen LogP contribution >= 0.6 is 0 Å². The van der Waals surface area contributed by atoms with E-state index in [0.29, 0.717) is 50.5 Å². The van der Waals surface area contributed by atoms with Gasteiger partial charge in [0.2, 0.25) is 0 Å². The first-order valence-electron chi connectivity index (χ1n) is 9.64. The zero-order valence-corrected chi connectivity index (χ0v) is 16.6. The van der Waals surface area contributed by atoms with Crippen LogP contribution in [0.2, 0.25) is 0 Å². The van der Waals surface area contributed by atoms with Crippen LogP contribution in [0.1, 0.15) is 33.8 Å². The fourth-order valence-corrected chi connectivity index (χ4v) is 3.31. The summed E-state index contributed by atoms with van der Waals surface area (Å²) in [7, 11) is 1.54. The van der Waals surface area contributed by atoms with Gasteiger partial charge >= 0.3 is 0 Å². The van der Waals surface area contributed by atoms with Crippen LogP contribution in [-0.2, 0) is 4.74 Å². The zero-order chi connectivity index (χ0) is 21.5. The maximum absolute atomic E-state index is 12.6. The Hall–Kier alpha value is -3.40. The highest BCUT2D eigenvalue weighted by Gasteiger charge is 2.26. The van der Waals surface area contributed by atoms with Gasteiger partial charge in [0.05, 0.1) is 17.8 Å². The van der Waals surface area contributed by atoms with Gasteiger partial charge in [0.15, 0.2) is 5.76 Å². The van der Waals surface area contributed by atoms with Gasteiger partial charge in [-0.05, 0) is 37.1 Å². The van der Waals surface area contributed by atoms with E-state index < -0.39 is 4.92 Å². The molecule has 30 heavy (non-hydrogen) atoms. The Labute approximate surface area is 173 Å². The molecule has 3 rings (SSSR count). The summed E-state index contributed by atoms with van der Waals surface area (Å²) >= 11 is 0. The van der Waals surface area contributed by atoms with E-state index in [0.717, 1.165) is 0 Å². The van der Waals surface area contributed by atoms with Crippen LogP contribution in [0.25, 0.3) is 0 Å². The minimum absolute atomic E-state index is 0.114. The number of amides is 2. The molecule has 0 radical (unpaired) electrons. The number of furan rings is 1. The van der Waals surface area contributed by atoms with Crippen LogP contribution < -0.4 is 10.6 Å². The Morgan fingerprint density at radius 2 is 2.07 bits per heavy atom. The number of likely N-dealkylation sites (tertiary alicyclic amines) is 1. The number of hydrogen-bond acceptors (Lipinski definition) is 7. The van der Waals surface area contributed by atoms with Gasteiger partial charge in [0.25, 0.3) is 17.5 Å². The third kappa shape index (κ3) is 5.15. The van der Waals surface area contributed by atoms with Gasteiger partial charge < -0.3 is 24.7 Å². The van der Waals surface area contributed by atoms with Gasteiger partial charge in [-0.2, -0.15) is 0 Å². The van der Waals surface area contributed by atoms with Gasteiger partial charge in [0, 0.05) is 44.4 Å². The summed E-state index contributed by atoms with van der Waals surface area (Å²) in [6.45, 7) is 1.80. The van der Waals surface area contributed by atoms with Crippen LogP contribution in [0, 0.1) is 10.1 Å². The summed E-state index contributed by atoms with van der Waals surface area (Å²) in [5.74, 6) is -0.252. The van der Waals surface area contributed by atoms with Crippen molar-refractivity contribution in [1.29, 1.82) is 0 Å². The summed E-state index contributed by atoms with van der Waals surface area (Å²) in [6, 6.07) is 7.51. The van der Waals surface area contributed by atoms with Gasteiger partial charge in [-0.1, -0.05) is 0 Å². The Kier molecular flexibility index (Phi) is 7.02. The maximum atomic E-state index is 12.6. The normalized spacial score (nSPS) is 14.4. The molecule has 2 amide bonds. The monoisotopic (exact) mass is 416 g/mol. The van der Waals surface area contributed by atoms with Crippen LogP contribution in [0.5, 0.6) is 0 Å². The minimum Gasteiger partial charge on any atom is -0.459 e. The van der Waals surface area contributed by atoms with Crippen molar-refractivity contribution in [1.82, 2.24) is 10.2 Å². The molecule has 1 aromatic heterocycles. The van der Waals surface area contributed by atoms with Crippen molar-refractivity contribution in [3.63, 3.8) is 0 Å². The van der Waals surface area contributed by atoms with E-state index in [1.54, 1.807) is 30.2 Å². The molecule has 2 N–H and O–H groups in total. The van der Waals surface area contributed by atoms with Gasteiger partial charge in [-0.25, -0.2) is 0 Å². The molecule has 0 unspecified atom stereocenters. The van der Waals surface area contributed by atoms with E-state index in [9.17, 15) is 19.7 Å². The van der Waals surface area contributed by atoms with Crippen LogP contribution in [0.15, 0.2) is 41.0 Å². The third-order valence-electron chi connectivity index (χ3n) is 4.93. The minimum atomic E-state index is -0.523. The molecule has 0 aliphatic carbocycles. The SMILES string of the molecule is COCCNc1ccc(C(=O)NC2CCN(C(=O)c3ccco3)CC2)cc1[N+](=O)[O-]. The molecular formula is C20H24N4O6. The largest absolute Gasteiger partial charge is 0.459 e. The number of piperidine rings is 1. The number of ether oxygens (including phenoxy) is 1. The molecule has 2 aromatic rings. The van der Waals surface area contributed by atoms with Crippen LogP contribution in [0.4, 0.5) is 11.4 Å². The molecule has 10 heteroatoms. The lowest BCUT2D eigenvalue weighted by Crippen LogP contribution is -2.46. The van der Waals surface area contributed by atoms with E-state index in [-0.39, 0.29) is 29.1 Å². The molecular weight excluding hydrogens is 392 g/mol. The Morgan fingerprint density at radius 3 is 2.70 bits per heavy atom. The summed E-state index contributed by atoms with van der Waals surface area (Å²) in [6.07, 6.45) is 2.64. The van der Waals surface area contributed by atoms with Crippen molar-refractivity contribution in [3.05, 3.63) is 58.0 Å². The number of nitro benzene ring substituents is 1. The number of nitro groups is 1. The Bertz CT molecular complexity index is 891. The number of hydrogen-bond donors (Lipinski definition) is 2. The Balaban J connectivity index is 1.57. The first-order chi connectivity index (χ1) is 14.5. The molecule has 1 saturated heterocycles. The fraction of sp³-hybridized carbons (Fsp3) is 0.400. The summed E-state index contributed by atoms with van der Waals surface area (Å²) < 4.78 is 10.1. The predicted octanol–water partition coefficient (Wildman–Crippen LogP) is 2.28. The van der Waals surface area contributed by atoms with Gasteiger partial charge in [-0.3, -0.25) is 19.7 Å². The van der Waals surface area contributed by atoms with Crippen molar-refractivity contribution in [2.45, 2.75) is 18.9 Å². The predicted molar refractivity (Wildman–Crippen MR) is 109 cm³/mol. The number of benzene rings is 1. The second kappa shape index (κ2) is 9.88. The van der Waals surface area contributed by atoms with Crippen molar-refractivity contribution in [3.8, 4) is 0 Å². The molecule has 160 valence electrons. The molecule has 0 bridgehead atoms. The number of methoxy groups -OCH3 is 1. The van der Waals surface area contributed by atoms with Crippen LogP contribution in [-0.4, -0.2) is 61.0 Å². The Morgan fingerprint density at radius 1 is 1.30 bits per heavy atom. The van der Waals surface area contributed by atoms with E-state index >= 15 is 0 Å². The quantitative estimate of drug-likeness (QED) is 0.384. The van der Waals surface area contributed by atoms with E-state index in [2.05, 4.69) is 10.6 Å². The second-order valence-corrected chi connectivity index (χ2v) is 6.93. The summed E-state index contributed by atoms with van der Waals surface area (Å²) in [5.41, 5.74) is 0.379. The van der Waals surface area contributed by atoms with Gasteiger partial charge in [-0.15, -0.1) is 0 Å². The average Bonchev–Trinajstić information content (AvgIpc) is 3.29. The van der Waals surface area contributed by atoms with Crippen LogP contribution in [0.3, 0.4) is 0 Å². The smallest absolute Gasteiger partial charge is 0.293 e. The van der Waals surface area contributed by atoms with E-state index in [4.69, 9.17) is 9.15 Å². The summed E-state index contributed by atoms with van der Waals surface area (Å²) in [4.78, 5) is 37.4. The molecule has 0 spiro atoms. The van der Waals surface area contributed by atoms with Crippen molar-refractivity contribution >= 4 is 23.2 Å². The molecule has 1 aliphatic rings. The van der Waals surface area contributed by atoms with Gasteiger partial charge in [0.1, 0.15) is 5.69 Å². The first-order valence-corrected chi connectivity index (χ1v) is 9.64. The fourth-order valence-electron chi connectivity index (χ4n) is 3.31. The topological polar surface area (TPSA) is 127 Å². The molecule has 1 aromatic carbocycles. The number of carbonyl (C=O) groups is 2. The lowest BCUT2D eigenvalue weighted by Gasteiger charge is -2.31. The number of anilines is 1. The molecule has 1 aliphatic heterocycles. The highest BCUT2D eigenvalue weighted by Crippen LogP contribution is 2.25. The van der Waals surface area contributed by atoms with Crippen molar-refractivity contribution < 1.29 is 23.7 Å².